The Labute approximate surface area is 85.5 Å². The van der Waals surface area contributed by atoms with Crippen LogP contribution < -0.4 is 0 Å². The molecule has 0 aliphatic carbocycles. The minimum absolute atomic E-state index is 0.357. The molecular weight excluding hydrogens is 209 g/mol. The van der Waals surface area contributed by atoms with Crippen LogP contribution in [0.4, 0.5) is 13.2 Å². The highest BCUT2D eigenvalue weighted by atomic mass is 32.2. The second kappa shape index (κ2) is 4.26. The van der Waals surface area contributed by atoms with Gasteiger partial charge in [-0.05, 0) is 36.4 Å². The Kier molecular flexibility index (Phi) is 3.48. The van der Waals surface area contributed by atoms with E-state index in [1.54, 1.807) is 25.1 Å². The summed E-state index contributed by atoms with van der Waals surface area (Å²) in [6.45, 7) is 1.71. The molecule has 0 N–H and O–H groups in total. The van der Waals surface area contributed by atoms with E-state index in [-0.39, 0.29) is 0 Å². The first-order valence-corrected chi connectivity index (χ1v) is 5.35. The van der Waals surface area contributed by atoms with Crippen molar-refractivity contribution in [2.45, 2.75) is 24.4 Å². The highest BCUT2D eigenvalue weighted by molar-refractivity contribution is 7.98. The van der Waals surface area contributed by atoms with Crippen LogP contribution in [0.3, 0.4) is 0 Å². The van der Waals surface area contributed by atoms with Crippen LogP contribution in [-0.4, -0.2) is 12.4 Å². The molecule has 0 saturated carbocycles. The van der Waals surface area contributed by atoms with Gasteiger partial charge in [0.1, 0.15) is 0 Å². The number of hydrogen-bond acceptors (Lipinski definition) is 1. The Bertz CT molecular complexity index is 318. The van der Waals surface area contributed by atoms with Gasteiger partial charge in [-0.3, -0.25) is 0 Å². The average molecular weight is 220 g/mol. The Morgan fingerprint density at radius 1 is 1.29 bits per heavy atom. The van der Waals surface area contributed by atoms with Crippen LogP contribution in [-0.2, 0) is 6.42 Å². The zero-order chi connectivity index (χ0) is 10.8. The summed E-state index contributed by atoms with van der Waals surface area (Å²) in [6, 6.07) is 5.05. The molecule has 0 spiro atoms. The summed E-state index contributed by atoms with van der Waals surface area (Å²) in [5.74, 6) is 0. The maximum atomic E-state index is 12.1. The predicted octanol–water partition coefficient (Wildman–Crippen LogP) is 3.82. The molecule has 0 fully saturated rings. The zero-order valence-corrected chi connectivity index (χ0v) is 8.80. The van der Waals surface area contributed by atoms with Crippen LogP contribution in [0.2, 0.25) is 0 Å². The first-order chi connectivity index (χ1) is 6.42. The quantitative estimate of drug-likeness (QED) is 0.683. The molecule has 0 aromatic heterocycles. The first kappa shape index (κ1) is 11.4. The molecule has 0 unspecified atom stereocenters. The summed E-state index contributed by atoms with van der Waals surface area (Å²) in [4.78, 5) is 0.994. The molecule has 0 nitrogen and oxygen atoms in total. The van der Waals surface area contributed by atoms with Crippen molar-refractivity contribution in [2.24, 2.45) is 0 Å². The standard InChI is InChI=1S/C10H11F3S/c1-7-5-9(14-2)4-3-8(7)6-10(11,12)13/h3-5H,6H2,1-2H3. The molecule has 0 aliphatic rings. The van der Waals surface area contributed by atoms with E-state index in [2.05, 4.69) is 0 Å². The van der Waals surface area contributed by atoms with E-state index in [0.29, 0.717) is 11.1 Å². The molecule has 0 radical (unpaired) electrons. The van der Waals surface area contributed by atoms with Crippen molar-refractivity contribution < 1.29 is 13.2 Å². The minimum atomic E-state index is -4.12. The number of aryl methyl sites for hydroxylation is 1. The summed E-state index contributed by atoms with van der Waals surface area (Å²) in [7, 11) is 0. The lowest BCUT2D eigenvalue weighted by atomic mass is 10.1. The number of halogens is 3. The molecule has 0 amide bonds. The molecule has 1 aromatic rings. The number of rotatable bonds is 2. The lowest BCUT2D eigenvalue weighted by molar-refractivity contribution is -0.127. The highest BCUT2D eigenvalue weighted by Gasteiger charge is 2.28. The van der Waals surface area contributed by atoms with Crippen molar-refractivity contribution >= 4 is 11.8 Å². The molecule has 1 aromatic carbocycles. The highest BCUT2D eigenvalue weighted by Crippen LogP contribution is 2.25. The van der Waals surface area contributed by atoms with Crippen molar-refractivity contribution in [2.75, 3.05) is 6.26 Å². The van der Waals surface area contributed by atoms with Crippen LogP contribution in [0.1, 0.15) is 11.1 Å². The SMILES string of the molecule is CSc1ccc(CC(F)(F)F)c(C)c1. The number of benzene rings is 1. The molecule has 1 rings (SSSR count). The lowest BCUT2D eigenvalue weighted by Gasteiger charge is -2.09. The van der Waals surface area contributed by atoms with Gasteiger partial charge in [0.2, 0.25) is 0 Å². The van der Waals surface area contributed by atoms with Gasteiger partial charge in [0.25, 0.3) is 0 Å². The van der Waals surface area contributed by atoms with E-state index in [4.69, 9.17) is 0 Å². The van der Waals surface area contributed by atoms with Gasteiger partial charge in [0.15, 0.2) is 0 Å². The topological polar surface area (TPSA) is 0 Å². The smallest absolute Gasteiger partial charge is 0.171 e. The molecule has 0 aliphatic heterocycles. The normalized spacial score (nSPS) is 11.8. The van der Waals surface area contributed by atoms with Gasteiger partial charge in [0, 0.05) is 4.90 Å². The van der Waals surface area contributed by atoms with E-state index in [9.17, 15) is 13.2 Å². The molecule has 0 saturated heterocycles. The second-order valence-electron chi connectivity index (χ2n) is 3.08. The van der Waals surface area contributed by atoms with Crippen LogP contribution in [0.15, 0.2) is 23.1 Å². The fourth-order valence-electron chi connectivity index (χ4n) is 1.21. The van der Waals surface area contributed by atoms with E-state index in [0.717, 1.165) is 4.90 Å². The van der Waals surface area contributed by atoms with Gasteiger partial charge < -0.3 is 0 Å². The van der Waals surface area contributed by atoms with E-state index < -0.39 is 12.6 Å². The Morgan fingerprint density at radius 2 is 1.93 bits per heavy atom. The fourth-order valence-corrected chi connectivity index (χ4v) is 1.71. The minimum Gasteiger partial charge on any atom is -0.171 e. The Hall–Kier alpha value is -0.640. The number of thioether (sulfide) groups is 1. The molecule has 14 heavy (non-hydrogen) atoms. The third kappa shape index (κ3) is 3.25. The maximum Gasteiger partial charge on any atom is 0.393 e. The molecular formula is C10H11F3S. The van der Waals surface area contributed by atoms with Gasteiger partial charge in [-0.2, -0.15) is 13.2 Å². The first-order valence-electron chi connectivity index (χ1n) is 4.12. The fraction of sp³-hybridized carbons (Fsp3) is 0.400. The Morgan fingerprint density at radius 3 is 2.36 bits per heavy atom. The van der Waals surface area contributed by atoms with Gasteiger partial charge >= 0.3 is 6.18 Å². The van der Waals surface area contributed by atoms with Crippen LogP contribution in [0.25, 0.3) is 0 Å². The monoisotopic (exact) mass is 220 g/mol. The number of alkyl halides is 3. The van der Waals surface area contributed by atoms with Crippen molar-refractivity contribution in [3.8, 4) is 0 Å². The summed E-state index contributed by atoms with van der Waals surface area (Å²) in [5.41, 5.74) is 1.06. The second-order valence-corrected chi connectivity index (χ2v) is 3.96. The summed E-state index contributed by atoms with van der Waals surface area (Å²) in [6.07, 6.45) is -3.06. The van der Waals surface area contributed by atoms with E-state index in [1.165, 1.54) is 11.8 Å². The third-order valence-corrected chi connectivity index (χ3v) is 2.67. The molecule has 4 heteroatoms. The van der Waals surface area contributed by atoms with Crippen molar-refractivity contribution in [1.82, 2.24) is 0 Å². The van der Waals surface area contributed by atoms with Gasteiger partial charge in [0.05, 0.1) is 6.42 Å². The summed E-state index contributed by atoms with van der Waals surface area (Å²) >= 11 is 1.53. The largest absolute Gasteiger partial charge is 0.393 e. The zero-order valence-electron chi connectivity index (χ0n) is 7.98. The van der Waals surface area contributed by atoms with E-state index in [1.807, 2.05) is 6.26 Å². The number of hydrogen-bond donors (Lipinski definition) is 0. The maximum absolute atomic E-state index is 12.1. The molecule has 78 valence electrons. The summed E-state index contributed by atoms with van der Waals surface area (Å²) in [5, 5.41) is 0. The Balaban J connectivity index is 2.89. The molecule has 0 atom stereocenters. The van der Waals surface area contributed by atoms with Gasteiger partial charge in [-0.1, -0.05) is 6.07 Å². The third-order valence-electron chi connectivity index (χ3n) is 1.94. The van der Waals surface area contributed by atoms with Crippen LogP contribution in [0, 0.1) is 6.92 Å². The van der Waals surface area contributed by atoms with Gasteiger partial charge in [-0.15, -0.1) is 11.8 Å². The van der Waals surface area contributed by atoms with Crippen molar-refractivity contribution in [1.29, 1.82) is 0 Å². The van der Waals surface area contributed by atoms with Gasteiger partial charge in [-0.25, -0.2) is 0 Å². The lowest BCUT2D eigenvalue weighted by Crippen LogP contribution is -2.12. The van der Waals surface area contributed by atoms with Crippen LogP contribution >= 0.6 is 11.8 Å². The van der Waals surface area contributed by atoms with Crippen molar-refractivity contribution in [3.63, 3.8) is 0 Å². The summed E-state index contributed by atoms with van der Waals surface area (Å²) < 4.78 is 36.3. The molecule has 0 heterocycles. The molecule has 0 bridgehead atoms. The van der Waals surface area contributed by atoms with Crippen LogP contribution in [0.5, 0.6) is 0 Å². The van der Waals surface area contributed by atoms with Crippen molar-refractivity contribution in [3.05, 3.63) is 29.3 Å². The average Bonchev–Trinajstić information content (AvgIpc) is 2.06. The van der Waals surface area contributed by atoms with E-state index >= 15 is 0 Å². The predicted molar refractivity (Wildman–Crippen MR) is 52.7 cm³/mol.